The Hall–Kier alpha value is -1.79. The van der Waals surface area contributed by atoms with Crippen molar-refractivity contribution in [3.63, 3.8) is 0 Å². The lowest BCUT2D eigenvalue weighted by Crippen LogP contribution is -2.44. The molecule has 0 saturated heterocycles. The van der Waals surface area contributed by atoms with Gasteiger partial charge in [-0.3, -0.25) is 9.69 Å². The summed E-state index contributed by atoms with van der Waals surface area (Å²) in [6.45, 7) is -0.552. The maximum absolute atomic E-state index is 12.1. The molecule has 0 radical (unpaired) electrons. The number of amides is 2. The third-order valence-corrected chi connectivity index (χ3v) is 2.64. The van der Waals surface area contributed by atoms with E-state index in [9.17, 15) is 9.59 Å². The standard InChI is InChI=1S/C12H15ClN2O4/c1-14(5-6-16)12(19)15(8-11(17)18)10-4-2-3-9(13)7-10/h2-4,7,16H,5-6,8H2,1H3,(H,17,18). The summed E-state index contributed by atoms with van der Waals surface area (Å²) in [6.07, 6.45) is 0. The van der Waals surface area contributed by atoms with Crippen LogP contribution in [0.25, 0.3) is 0 Å². The number of carboxylic acids is 1. The van der Waals surface area contributed by atoms with Gasteiger partial charge in [-0.05, 0) is 18.2 Å². The van der Waals surface area contributed by atoms with E-state index in [2.05, 4.69) is 0 Å². The third kappa shape index (κ3) is 4.42. The topological polar surface area (TPSA) is 81.1 Å². The molecule has 6 nitrogen and oxygen atoms in total. The van der Waals surface area contributed by atoms with Gasteiger partial charge in [0.15, 0.2) is 0 Å². The minimum atomic E-state index is -1.13. The molecule has 0 fully saturated rings. The second-order valence-electron chi connectivity index (χ2n) is 3.89. The highest BCUT2D eigenvalue weighted by atomic mass is 35.5. The molecule has 7 heteroatoms. The third-order valence-electron chi connectivity index (χ3n) is 2.41. The molecule has 19 heavy (non-hydrogen) atoms. The lowest BCUT2D eigenvalue weighted by atomic mass is 10.3. The van der Waals surface area contributed by atoms with Gasteiger partial charge < -0.3 is 15.1 Å². The molecule has 104 valence electrons. The van der Waals surface area contributed by atoms with E-state index in [0.29, 0.717) is 10.7 Å². The van der Waals surface area contributed by atoms with Gasteiger partial charge in [0.1, 0.15) is 6.54 Å². The van der Waals surface area contributed by atoms with Crippen molar-refractivity contribution in [1.82, 2.24) is 4.90 Å². The van der Waals surface area contributed by atoms with Crippen molar-refractivity contribution < 1.29 is 19.8 Å². The molecule has 2 amide bonds. The first-order chi connectivity index (χ1) is 8.95. The summed E-state index contributed by atoms with van der Waals surface area (Å²) in [4.78, 5) is 25.3. The van der Waals surface area contributed by atoms with Gasteiger partial charge in [-0.1, -0.05) is 17.7 Å². The number of likely N-dealkylation sites (N-methyl/N-ethyl adjacent to an activating group) is 1. The molecule has 0 aliphatic rings. The molecular formula is C12H15ClN2O4. The second kappa shape index (κ2) is 6.96. The molecule has 0 spiro atoms. The zero-order valence-electron chi connectivity index (χ0n) is 10.4. The molecule has 1 aromatic rings. The number of benzene rings is 1. The molecule has 0 saturated carbocycles. The molecule has 0 aliphatic heterocycles. The fourth-order valence-electron chi connectivity index (χ4n) is 1.50. The zero-order valence-corrected chi connectivity index (χ0v) is 11.2. The molecule has 0 unspecified atom stereocenters. The van der Waals surface area contributed by atoms with Crippen LogP contribution in [0.1, 0.15) is 0 Å². The molecule has 0 aliphatic carbocycles. The first-order valence-electron chi connectivity index (χ1n) is 5.56. The lowest BCUT2D eigenvalue weighted by Gasteiger charge is -2.26. The van der Waals surface area contributed by atoms with Gasteiger partial charge >= 0.3 is 12.0 Å². The minimum absolute atomic E-state index is 0.121. The van der Waals surface area contributed by atoms with Crippen molar-refractivity contribution >= 4 is 29.3 Å². The van der Waals surface area contributed by atoms with Crippen LogP contribution in [0.15, 0.2) is 24.3 Å². The van der Waals surface area contributed by atoms with Gasteiger partial charge in [-0.2, -0.15) is 0 Å². The number of hydrogen-bond acceptors (Lipinski definition) is 3. The number of carboxylic acid groups (broad SMARTS) is 1. The van der Waals surface area contributed by atoms with Crippen LogP contribution < -0.4 is 4.90 Å². The first-order valence-corrected chi connectivity index (χ1v) is 5.94. The summed E-state index contributed by atoms with van der Waals surface area (Å²) in [5.41, 5.74) is 0.393. The lowest BCUT2D eigenvalue weighted by molar-refractivity contribution is -0.135. The van der Waals surface area contributed by atoms with Crippen LogP contribution in [-0.2, 0) is 4.79 Å². The summed E-state index contributed by atoms with van der Waals surface area (Å²) >= 11 is 5.83. The SMILES string of the molecule is CN(CCO)C(=O)N(CC(=O)O)c1cccc(Cl)c1. The normalized spacial score (nSPS) is 10.1. The van der Waals surface area contributed by atoms with Crippen molar-refractivity contribution in [1.29, 1.82) is 0 Å². The van der Waals surface area contributed by atoms with Gasteiger partial charge in [0, 0.05) is 24.3 Å². The maximum Gasteiger partial charge on any atom is 0.324 e. The largest absolute Gasteiger partial charge is 0.480 e. The summed E-state index contributed by atoms with van der Waals surface area (Å²) < 4.78 is 0. The Kier molecular flexibility index (Phi) is 5.59. The van der Waals surface area contributed by atoms with Crippen LogP contribution in [0.5, 0.6) is 0 Å². The second-order valence-corrected chi connectivity index (χ2v) is 4.32. The van der Waals surface area contributed by atoms with E-state index < -0.39 is 18.5 Å². The average Bonchev–Trinajstić information content (AvgIpc) is 2.35. The monoisotopic (exact) mass is 286 g/mol. The number of halogens is 1. The van der Waals surface area contributed by atoms with Crippen molar-refractivity contribution in [2.45, 2.75) is 0 Å². The number of aliphatic hydroxyl groups is 1. The number of rotatable bonds is 5. The minimum Gasteiger partial charge on any atom is -0.480 e. The Labute approximate surface area is 115 Å². The van der Waals surface area contributed by atoms with E-state index in [-0.39, 0.29) is 13.2 Å². The molecule has 1 rings (SSSR count). The fraction of sp³-hybridized carbons (Fsp3) is 0.333. The van der Waals surface area contributed by atoms with Crippen LogP contribution in [0.4, 0.5) is 10.5 Å². The van der Waals surface area contributed by atoms with Crippen molar-refractivity contribution in [3.8, 4) is 0 Å². The molecule has 0 atom stereocenters. The first kappa shape index (κ1) is 15.3. The van der Waals surface area contributed by atoms with E-state index in [0.717, 1.165) is 4.90 Å². The molecule has 1 aromatic carbocycles. The van der Waals surface area contributed by atoms with E-state index in [1.165, 1.54) is 18.0 Å². The van der Waals surface area contributed by atoms with E-state index in [1.807, 2.05) is 0 Å². The van der Waals surface area contributed by atoms with E-state index in [1.54, 1.807) is 18.2 Å². The summed E-state index contributed by atoms with van der Waals surface area (Å²) in [6, 6.07) is 5.85. The molecule has 2 N–H and O–H groups in total. The molecular weight excluding hydrogens is 272 g/mol. The maximum atomic E-state index is 12.1. The van der Waals surface area contributed by atoms with Crippen LogP contribution >= 0.6 is 11.6 Å². The highest BCUT2D eigenvalue weighted by molar-refractivity contribution is 6.30. The predicted molar refractivity (Wildman–Crippen MR) is 71.5 cm³/mol. The molecule has 0 bridgehead atoms. The van der Waals surface area contributed by atoms with Crippen LogP contribution in [0.2, 0.25) is 5.02 Å². The van der Waals surface area contributed by atoms with Gasteiger partial charge in [0.05, 0.1) is 6.61 Å². The van der Waals surface area contributed by atoms with Crippen molar-refractivity contribution in [2.75, 3.05) is 31.6 Å². The number of carbonyl (C=O) groups excluding carboxylic acids is 1. The Morgan fingerprint density at radius 3 is 2.58 bits per heavy atom. The number of anilines is 1. The Balaban J connectivity index is 3.00. The van der Waals surface area contributed by atoms with E-state index in [4.69, 9.17) is 21.8 Å². The van der Waals surface area contributed by atoms with Gasteiger partial charge in [-0.25, -0.2) is 4.79 Å². The average molecular weight is 287 g/mol. The number of aliphatic hydroxyl groups excluding tert-OH is 1. The highest BCUT2D eigenvalue weighted by Crippen LogP contribution is 2.20. The van der Waals surface area contributed by atoms with Crippen LogP contribution in [-0.4, -0.2) is 53.9 Å². The number of aliphatic carboxylic acids is 1. The smallest absolute Gasteiger partial charge is 0.324 e. The van der Waals surface area contributed by atoms with Gasteiger partial charge in [0.25, 0.3) is 0 Å². The fourth-order valence-corrected chi connectivity index (χ4v) is 1.68. The number of nitrogens with zero attached hydrogens (tertiary/aromatic N) is 2. The summed E-state index contributed by atoms with van der Waals surface area (Å²) in [5, 5.41) is 18.1. The van der Waals surface area contributed by atoms with Crippen LogP contribution in [0, 0.1) is 0 Å². The van der Waals surface area contributed by atoms with Crippen LogP contribution in [0.3, 0.4) is 0 Å². The van der Waals surface area contributed by atoms with E-state index >= 15 is 0 Å². The Morgan fingerprint density at radius 2 is 2.05 bits per heavy atom. The summed E-state index contributed by atoms with van der Waals surface area (Å²) in [5.74, 6) is -1.13. The highest BCUT2D eigenvalue weighted by Gasteiger charge is 2.22. The Morgan fingerprint density at radius 1 is 1.37 bits per heavy atom. The number of urea groups is 1. The quantitative estimate of drug-likeness (QED) is 0.854. The van der Waals surface area contributed by atoms with Crippen molar-refractivity contribution in [3.05, 3.63) is 29.3 Å². The zero-order chi connectivity index (χ0) is 14.4. The number of hydrogen-bond donors (Lipinski definition) is 2. The van der Waals surface area contributed by atoms with Crippen molar-refractivity contribution in [2.24, 2.45) is 0 Å². The molecule has 0 heterocycles. The van der Waals surface area contributed by atoms with Gasteiger partial charge in [-0.15, -0.1) is 0 Å². The van der Waals surface area contributed by atoms with Gasteiger partial charge in [0.2, 0.25) is 0 Å². The molecule has 0 aromatic heterocycles. The predicted octanol–water partition coefficient (Wildman–Crippen LogP) is 1.28. The Bertz CT molecular complexity index is 467. The number of carbonyl (C=O) groups is 2. The summed E-state index contributed by atoms with van der Waals surface area (Å²) in [7, 11) is 1.48.